The Bertz CT molecular complexity index is 265. The van der Waals surface area contributed by atoms with Gasteiger partial charge in [0.2, 0.25) is 5.91 Å². The molecule has 1 saturated carbocycles. The van der Waals surface area contributed by atoms with Crippen molar-refractivity contribution < 1.29 is 14.3 Å². The highest BCUT2D eigenvalue weighted by Gasteiger charge is 2.34. The molecular formula is C14H28N2O3. The Morgan fingerprint density at radius 3 is 2.32 bits per heavy atom. The van der Waals surface area contributed by atoms with E-state index in [1.807, 2.05) is 4.90 Å². The number of nitrogens with zero attached hydrogens (tertiary/aromatic N) is 1. The van der Waals surface area contributed by atoms with Crippen molar-refractivity contribution in [2.45, 2.75) is 32.2 Å². The fourth-order valence-electron chi connectivity index (χ4n) is 2.72. The van der Waals surface area contributed by atoms with Gasteiger partial charge in [0.25, 0.3) is 0 Å². The van der Waals surface area contributed by atoms with Crippen molar-refractivity contribution >= 4 is 5.91 Å². The highest BCUT2D eigenvalue weighted by molar-refractivity contribution is 5.79. The summed E-state index contributed by atoms with van der Waals surface area (Å²) in [6.45, 7) is 4.46. The Hall–Kier alpha value is -0.650. The molecular weight excluding hydrogens is 244 g/mol. The predicted octanol–water partition coefficient (Wildman–Crippen LogP) is 0.871. The minimum atomic E-state index is 0.0532. The number of hydrogen-bond donors (Lipinski definition) is 1. The van der Waals surface area contributed by atoms with Crippen molar-refractivity contribution in [1.29, 1.82) is 0 Å². The van der Waals surface area contributed by atoms with Crippen LogP contribution < -0.4 is 5.73 Å². The van der Waals surface area contributed by atoms with Gasteiger partial charge < -0.3 is 20.1 Å². The molecule has 1 amide bonds. The van der Waals surface area contributed by atoms with Gasteiger partial charge in [0.1, 0.15) is 0 Å². The molecule has 0 saturated heterocycles. The molecule has 1 rings (SSSR count). The molecule has 5 heteroatoms. The monoisotopic (exact) mass is 272 g/mol. The van der Waals surface area contributed by atoms with Crippen molar-refractivity contribution in [2.75, 3.05) is 40.5 Å². The van der Waals surface area contributed by atoms with E-state index in [0.29, 0.717) is 26.3 Å². The molecule has 5 nitrogen and oxygen atoms in total. The molecule has 19 heavy (non-hydrogen) atoms. The van der Waals surface area contributed by atoms with E-state index < -0.39 is 0 Å². The van der Waals surface area contributed by atoms with Gasteiger partial charge >= 0.3 is 0 Å². The molecule has 0 aromatic rings. The summed E-state index contributed by atoms with van der Waals surface area (Å²) in [6.07, 6.45) is 3.02. The Balaban J connectivity index is 2.62. The van der Waals surface area contributed by atoms with Crippen LogP contribution in [0.4, 0.5) is 0 Å². The smallest absolute Gasteiger partial charge is 0.226 e. The van der Waals surface area contributed by atoms with Crippen molar-refractivity contribution in [3.8, 4) is 0 Å². The molecule has 112 valence electrons. The summed E-state index contributed by atoms with van der Waals surface area (Å²) >= 11 is 0. The van der Waals surface area contributed by atoms with Gasteiger partial charge in [-0.2, -0.15) is 0 Å². The second kappa shape index (κ2) is 8.51. The van der Waals surface area contributed by atoms with E-state index in [4.69, 9.17) is 15.2 Å². The fourth-order valence-corrected chi connectivity index (χ4v) is 2.72. The first kappa shape index (κ1) is 16.4. The third kappa shape index (κ3) is 4.75. The van der Waals surface area contributed by atoms with Gasteiger partial charge in [-0.3, -0.25) is 4.79 Å². The third-order valence-electron chi connectivity index (χ3n) is 4.12. The summed E-state index contributed by atoms with van der Waals surface area (Å²) in [5.41, 5.74) is 6.09. The lowest BCUT2D eigenvalue weighted by atomic mass is 9.76. The van der Waals surface area contributed by atoms with Crippen LogP contribution in [0.3, 0.4) is 0 Å². The molecule has 1 fully saturated rings. The summed E-state index contributed by atoms with van der Waals surface area (Å²) < 4.78 is 10.2. The summed E-state index contributed by atoms with van der Waals surface area (Å²) in [6, 6.07) is 0.148. The van der Waals surface area contributed by atoms with Gasteiger partial charge in [0.15, 0.2) is 0 Å². The van der Waals surface area contributed by atoms with Crippen LogP contribution in [0.15, 0.2) is 0 Å². The van der Waals surface area contributed by atoms with E-state index in [0.717, 1.165) is 19.3 Å². The van der Waals surface area contributed by atoms with E-state index >= 15 is 0 Å². The number of nitrogens with two attached hydrogens (primary N) is 1. The molecule has 1 aliphatic rings. The molecule has 0 aliphatic heterocycles. The Kier molecular flexibility index (Phi) is 7.34. The normalized spacial score (nSPS) is 27.3. The number of rotatable bonds is 7. The Labute approximate surface area is 116 Å². The second-order valence-electron chi connectivity index (χ2n) is 5.37. The fraction of sp³-hybridized carbons (Fsp3) is 0.929. The van der Waals surface area contributed by atoms with Gasteiger partial charge in [-0.05, 0) is 18.8 Å². The second-order valence-corrected chi connectivity index (χ2v) is 5.37. The molecule has 0 aromatic heterocycles. The molecule has 2 N–H and O–H groups in total. The van der Waals surface area contributed by atoms with E-state index in [-0.39, 0.29) is 23.8 Å². The van der Waals surface area contributed by atoms with Crippen LogP contribution in [0.5, 0.6) is 0 Å². The zero-order chi connectivity index (χ0) is 14.3. The van der Waals surface area contributed by atoms with E-state index in [1.54, 1.807) is 14.2 Å². The van der Waals surface area contributed by atoms with Crippen LogP contribution in [-0.2, 0) is 14.3 Å². The van der Waals surface area contributed by atoms with Crippen molar-refractivity contribution in [1.82, 2.24) is 4.90 Å². The summed E-state index contributed by atoms with van der Waals surface area (Å²) in [5.74, 6) is 0.517. The molecule has 3 unspecified atom stereocenters. The summed E-state index contributed by atoms with van der Waals surface area (Å²) in [7, 11) is 3.30. The summed E-state index contributed by atoms with van der Waals surface area (Å²) in [5, 5.41) is 0. The van der Waals surface area contributed by atoms with E-state index in [9.17, 15) is 4.79 Å². The van der Waals surface area contributed by atoms with Crippen molar-refractivity contribution in [3.05, 3.63) is 0 Å². The molecule has 0 heterocycles. The lowest BCUT2D eigenvalue weighted by Gasteiger charge is -2.36. The molecule has 0 bridgehead atoms. The minimum Gasteiger partial charge on any atom is -0.383 e. The average Bonchev–Trinajstić information content (AvgIpc) is 2.41. The van der Waals surface area contributed by atoms with Gasteiger partial charge in [0.05, 0.1) is 13.2 Å². The maximum atomic E-state index is 12.6. The quantitative estimate of drug-likeness (QED) is 0.747. The zero-order valence-electron chi connectivity index (χ0n) is 12.4. The first-order valence-electron chi connectivity index (χ1n) is 7.14. The highest BCUT2D eigenvalue weighted by Crippen LogP contribution is 2.30. The molecule has 0 spiro atoms. The first-order valence-corrected chi connectivity index (χ1v) is 7.14. The van der Waals surface area contributed by atoms with Crippen LogP contribution in [0, 0.1) is 11.8 Å². The lowest BCUT2D eigenvalue weighted by Crippen LogP contribution is -2.47. The van der Waals surface area contributed by atoms with Gasteiger partial charge in [-0.1, -0.05) is 13.3 Å². The third-order valence-corrected chi connectivity index (χ3v) is 4.12. The number of carbonyl (C=O) groups excluding carboxylic acids is 1. The number of ether oxygens (including phenoxy) is 2. The molecule has 3 atom stereocenters. The van der Waals surface area contributed by atoms with Crippen LogP contribution in [0.2, 0.25) is 0 Å². The molecule has 1 aliphatic carbocycles. The maximum absolute atomic E-state index is 12.6. The highest BCUT2D eigenvalue weighted by atomic mass is 16.5. The van der Waals surface area contributed by atoms with Crippen molar-refractivity contribution in [2.24, 2.45) is 17.6 Å². The lowest BCUT2D eigenvalue weighted by molar-refractivity contribution is -0.139. The van der Waals surface area contributed by atoms with Crippen LogP contribution in [0.1, 0.15) is 26.2 Å². The van der Waals surface area contributed by atoms with E-state index in [1.165, 1.54) is 0 Å². The molecule has 0 aromatic carbocycles. The zero-order valence-corrected chi connectivity index (χ0v) is 12.4. The van der Waals surface area contributed by atoms with E-state index in [2.05, 4.69) is 6.92 Å². The maximum Gasteiger partial charge on any atom is 0.226 e. The average molecular weight is 272 g/mol. The van der Waals surface area contributed by atoms with Crippen LogP contribution in [-0.4, -0.2) is 57.4 Å². The summed E-state index contributed by atoms with van der Waals surface area (Å²) in [4.78, 5) is 14.5. The Morgan fingerprint density at radius 2 is 1.79 bits per heavy atom. The Morgan fingerprint density at radius 1 is 1.21 bits per heavy atom. The van der Waals surface area contributed by atoms with Gasteiger partial charge in [-0.15, -0.1) is 0 Å². The van der Waals surface area contributed by atoms with Crippen molar-refractivity contribution in [3.63, 3.8) is 0 Å². The predicted molar refractivity (Wildman–Crippen MR) is 74.8 cm³/mol. The minimum absolute atomic E-state index is 0.0532. The number of amides is 1. The SMILES string of the molecule is COCCN(CCOC)C(=O)C1CCCC(N)C1C. The van der Waals surface area contributed by atoms with Crippen LogP contribution >= 0.6 is 0 Å². The largest absolute Gasteiger partial charge is 0.383 e. The topological polar surface area (TPSA) is 64.8 Å². The number of hydrogen-bond acceptors (Lipinski definition) is 4. The van der Waals surface area contributed by atoms with Crippen LogP contribution in [0.25, 0.3) is 0 Å². The van der Waals surface area contributed by atoms with Gasteiger partial charge in [0, 0.05) is 39.3 Å². The number of carbonyl (C=O) groups is 1. The first-order chi connectivity index (χ1) is 9.11. The molecule has 0 radical (unpaired) electrons. The standard InChI is InChI=1S/C14H28N2O3/c1-11-12(5-4-6-13(11)15)14(17)16(7-9-18-2)8-10-19-3/h11-13H,4-10,15H2,1-3H3. The number of methoxy groups -OCH3 is 2. The van der Waals surface area contributed by atoms with Gasteiger partial charge in [-0.25, -0.2) is 0 Å².